The minimum Gasteiger partial charge on any atom is -0.541 e. The van der Waals surface area contributed by atoms with Crippen LogP contribution in [-0.4, -0.2) is 11.8 Å². The first-order chi connectivity index (χ1) is 3.18. The van der Waals surface area contributed by atoms with Crippen LogP contribution in [-0.2, 0) is 9.59 Å². The molecule has 0 spiro atoms. The van der Waals surface area contributed by atoms with Crippen LogP contribution in [0.1, 0.15) is 0 Å². The number of aliphatic carboxylic acids is 1. The number of carboxylic acid groups (broad SMARTS) is 1. The van der Waals surface area contributed by atoms with E-state index in [1.807, 2.05) is 0 Å². The summed E-state index contributed by atoms with van der Waals surface area (Å²) in [6, 6.07) is 0. The molecule has 0 N–H and O–H groups in total. The van der Waals surface area contributed by atoms with Crippen molar-refractivity contribution in [1.29, 1.82) is 0 Å². The van der Waals surface area contributed by atoms with Crippen molar-refractivity contribution < 1.29 is 14.7 Å². The molecule has 0 unspecified atom stereocenters. The first-order valence-corrected chi connectivity index (χ1v) is 1.40. The summed E-state index contributed by atoms with van der Waals surface area (Å²) in [7, 11) is 0. The zero-order valence-electron chi connectivity index (χ0n) is 3.30. The van der Waals surface area contributed by atoms with E-state index >= 15 is 0 Å². The minimum atomic E-state index is -1.83. The highest BCUT2D eigenvalue weighted by Crippen LogP contribution is 1.57. The summed E-state index contributed by atoms with van der Waals surface area (Å²) in [6.45, 7) is 0. The van der Waals surface area contributed by atoms with Crippen LogP contribution in [0.4, 0.5) is 0 Å². The third-order valence-electron chi connectivity index (χ3n) is 0.316. The highest BCUT2D eigenvalue weighted by molar-refractivity contribution is 6.39. The van der Waals surface area contributed by atoms with Crippen molar-refractivity contribution in [2.24, 2.45) is 0 Å². The largest absolute Gasteiger partial charge is 0.541 e. The summed E-state index contributed by atoms with van der Waals surface area (Å²) in [6.07, 6.45) is 4.35. The third-order valence-corrected chi connectivity index (χ3v) is 0.316. The molecule has 0 fully saturated rings. The Morgan fingerprint density at radius 3 is 2.00 bits per heavy atom. The molecule has 0 aromatic rings. The van der Waals surface area contributed by atoms with Crippen molar-refractivity contribution in [2.45, 2.75) is 0 Å². The fourth-order valence-corrected chi connectivity index (χ4v) is 0.0589. The molecule has 36 valence electrons. The zero-order chi connectivity index (χ0) is 5.86. The van der Waals surface area contributed by atoms with Gasteiger partial charge >= 0.3 is 0 Å². The predicted molar refractivity (Wildman–Crippen MR) is 18.8 cm³/mol. The average Bonchev–Trinajstić information content (AvgIpc) is 1.65. The Kier molecular flexibility index (Phi) is 1.61. The van der Waals surface area contributed by atoms with Crippen LogP contribution in [0.2, 0.25) is 0 Å². The Hall–Kier alpha value is -1.30. The lowest BCUT2D eigenvalue weighted by Gasteiger charge is -1.86. The highest BCUT2D eigenvalue weighted by atomic mass is 16.4. The van der Waals surface area contributed by atoms with E-state index in [0.717, 1.165) is 0 Å². The lowest BCUT2D eigenvalue weighted by molar-refractivity contribution is -0.299. The summed E-state index contributed by atoms with van der Waals surface area (Å²) in [5, 5.41) is 9.33. The van der Waals surface area contributed by atoms with Crippen LogP contribution >= 0.6 is 0 Å². The molecule has 0 atom stereocenters. The smallest absolute Gasteiger partial charge is 0.251 e. The molecule has 0 heterocycles. The third kappa shape index (κ3) is 1.55. The van der Waals surface area contributed by atoms with E-state index in [9.17, 15) is 14.7 Å². The van der Waals surface area contributed by atoms with Gasteiger partial charge in [-0.2, -0.15) is 0 Å². The van der Waals surface area contributed by atoms with Crippen LogP contribution in [0.3, 0.4) is 0 Å². The highest BCUT2D eigenvalue weighted by Gasteiger charge is 1.91. The van der Waals surface area contributed by atoms with Gasteiger partial charge in [0, 0.05) is 0 Å². The Labute approximate surface area is 40.0 Å². The standard InChI is InChI=1S/C4H2O3/c1-2-3(5)4(6)7/h1H,(H,6,7)/p-1. The number of carbonyl (C=O) groups excluding carboxylic acids is 2. The van der Waals surface area contributed by atoms with E-state index in [1.54, 1.807) is 0 Å². The normalized spacial score (nSPS) is 6.71. The molecule has 0 rings (SSSR count). The molecule has 0 aromatic carbocycles. The van der Waals surface area contributed by atoms with E-state index in [2.05, 4.69) is 6.42 Å². The van der Waals surface area contributed by atoms with Gasteiger partial charge in [-0.15, -0.1) is 6.42 Å². The summed E-state index contributed by atoms with van der Waals surface area (Å²) < 4.78 is 0. The summed E-state index contributed by atoms with van der Waals surface area (Å²) >= 11 is 0. The Balaban J connectivity index is 3.90. The molecule has 0 aromatic heterocycles. The number of carbonyl (C=O) groups is 2. The van der Waals surface area contributed by atoms with Crippen molar-refractivity contribution in [1.82, 2.24) is 0 Å². The number of hydrogen-bond donors (Lipinski definition) is 0. The van der Waals surface area contributed by atoms with Crippen molar-refractivity contribution in [3.63, 3.8) is 0 Å². The van der Waals surface area contributed by atoms with Gasteiger partial charge in [-0.1, -0.05) is 0 Å². The lowest BCUT2D eigenvalue weighted by atomic mass is 10.4. The monoisotopic (exact) mass is 97.0 g/mol. The molecule has 3 heteroatoms. The van der Waals surface area contributed by atoms with Crippen LogP contribution in [0, 0.1) is 12.3 Å². The molecule has 0 saturated carbocycles. The Bertz CT molecular complexity index is 140. The maximum Gasteiger partial charge on any atom is 0.251 e. The molecule has 0 aliphatic heterocycles. The van der Waals surface area contributed by atoms with E-state index in [0.29, 0.717) is 0 Å². The molecule has 0 aliphatic rings. The van der Waals surface area contributed by atoms with E-state index in [1.165, 1.54) is 5.92 Å². The van der Waals surface area contributed by atoms with Crippen LogP contribution < -0.4 is 5.11 Å². The molecular formula is C4HO3-. The fourth-order valence-electron chi connectivity index (χ4n) is 0.0589. The van der Waals surface area contributed by atoms with Gasteiger partial charge in [0.15, 0.2) is 0 Å². The lowest BCUT2D eigenvalue weighted by Crippen LogP contribution is -2.30. The second kappa shape index (κ2) is 1.98. The maximum absolute atomic E-state index is 9.61. The molecule has 0 bridgehead atoms. The van der Waals surface area contributed by atoms with Crippen molar-refractivity contribution in [2.75, 3.05) is 0 Å². The van der Waals surface area contributed by atoms with E-state index in [4.69, 9.17) is 0 Å². The van der Waals surface area contributed by atoms with Gasteiger partial charge in [0.05, 0.1) is 0 Å². The predicted octanol–water partition coefficient (Wildman–Crippen LogP) is -2.06. The molecule has 0 amide bonds. The molecule has 3 nitrogen and oxygen atoms in total. The van der Waals surface area contributed by atoms with Crippen LogP contribution in [0.15, 0.2) is 0 Å². The van der Waals surface area contributed by atoms with E-state index in [-0.39, 0.29) is 0 Å². The van der Waals surface area contributed by atoms with Crippen molar-refractivity contribution >= 4 is 11.8 Å². The van der Waals surface area contributed by atoms with Crippen molar-refractivity contribution in [3.05, 3.63) is 0 Å². The molecule has 0 aliphatic carbocycles. The molecule has 7 heavy (non-hydrogen) atoms. The minimum absolute atomic E-state index is 1.32. The van der Waals surface area contributed by atoms with Crippen LogP contribution in [0.5, 0.6) is 0 Å². The first kappa shape index (κ1) is 5.70. The second-order valence-electron chi connectivity index (χ2n) is 0.761. The Morgan fingerprint density at radius 1 is 1.57 bits per heavy atom. The quantitative estimate of drug-likeness (QED) is 0.215. The number of hydrogen-bond acceptors (Lipinski definition) is 3. The SMILES string of the molecule is C#CC(=O)C(=O)[O-]. The number of Topliss-reactive ketones (excluding diaryl/α,β-unsaturated/α-hetero) is 1. The summed E-state index contributed by atoms with van der Waals surface area (Å²) in [4.78, 5) is 18.9. The maximum atomic E-state index is 9.61. The van der Waals surface area contributed by atoms with Crippen LogP contribution in [0.25, 0.3) is 0 Å². The number of terminal acetylenes is 1. The van der Waals surface area contributed by atoms with Gasteiger partial charge in [0.25, 0.3) is 5.78 Å². The van der Waals surface area contributed by atoms with Gasteiger partial charge in [0.2, 0.25) is 0 Å². The second-order valence-corrected chi connectivity index (χ2v) is 0.761. The zero-order valence-corrected chi connectivity index (χ0v) is 3.30. The van der Waals surface area contributed by atoms with Gasteiger partial charge in [-0.3, -0.25) is 4.79 Å². The van der Waals surface area contributed by atoms with Gasteiger partial charge in [0.1, 0.15) is 5.97 Å². The Morgan fingerprint density at radius 2 is 2.00 bits per heavy atom. The van der Waals surface area contributed by atoms with Crippen molar-refractivity contribution in [3.8, 4) is 12.3 Å². The summed E-state index contributed by atoms with van der Waals surface area (Å²) in [5.41, 5.74) is 0. The first-order valence-electron chi connectivity index (χ1n) is 1.40. The number of rotatable bonds is 1. The van der Waals surface area contributed by atoms with E-state index < -0.39 is 11.8 Å². The molecule has 0 saturated heterocycles. The number of carboxylic acids is 1. The van der Waals surface area contributed by atoms with Gasteiger partial charge < -0.3 is 9.90 Å². The number of ketones is 1. The average molecular weight is 97.0 g/mol. The van der Waals surface area contributed by atoms with Gasteiger partial charge in [-0.05, 0) is 5.92 Å². The topological polar surface area (TPSA) is 57.2 Å². The molecule has 0 radical (unpaired) electrons. The summed E-state index contributed by atoms with van der Waals surface area (Å²) in [5.74, 6) is -1.79. The fraction of sp³-hybridized carbons (Fsp3) is 0. The molecular weight excluding hydrogens is 96.0 g/mol. The van der Waals surface area contributed by atoms with Gasteiger partial charge in [-0.25, -0.2) is 0 Å².